The molecule has 24 heavy (non-hydrogen) atoms. The molecule has 2 saturated heterocycles. The molecule has 3 heterocycles. The van der Waals surface area contributed by atoms with Gasteiger partial charge in [-0.3, -0.25) is 14.5 Å². The molecule has 0 bridgehead atoms. The van der Waals surface area contributed by atoms with E-state index in [-0.39, 0.29) is 24.4 Å². The topological polar surface area (TPSA) is 74.1 Å². The fraction of sp³-hybridized carbons (Fsp3) is 0.353. The number of piperazine rings is 1. The molecule has 2 aromatic rings. The summed E-state index contributed by atoms with van der Waals surface area (Å²) in [4.78, 5) is 41.2. The SMILES string of the molecule is Cc1c(C(=O)N2CCN3C(=O)N(C)C(=O)C3C2)oc2ccccc12. The van der Waals surface area contributed by atoms with E-state index >= 15 is 0 Å². The summed E-state index contributed by atoms with van der Waals surface area (Å²) >= 11 is 0. The molecule has 4 amide bonds. The predicted molar refractivity (Wildman–Crippen MR) is 85.5 cm³/mol. The van der Waals surface area contributed by atoms with Crippen molar-refractivity contribution in [2.75, 3.05) is 26.7 Å². The van der Waals surface area contributed by atoms with E-state index in [1.807, 2.05) is 31.2 Å². The first-order valence-electron chi connectivity index (χ1n) is 7.84. The summed E-state index contributed by atoms with van der Waals surface area (Å²) in [6, 6.07) is 6.61. The Bertz CT molecular complexity index is 872. The van der Waals surface area contributed by atoms with Gasteiger partial charge >= 0.3 is 6.03 Å². The number of fused-ring (bicyclic) bond motifs is 2. The zero-order valence-electron chi connectivity index (χ0n) is 13.5. The largest absolute Gasteiger partial charge is 0.451 e. The van der Waals surface area contributed by atoms with Gasteiger partial charge in [0.2, 0.25) is 0 Å². The maximum atomic E-state index is 12.9. The number of hydrogen-bond acceptors (Lipinski definition) is 4. The van der Waals surface area contributed by atoms with Crippen molar-refractivity contribution in [2.45, 2.75) is 13.0 Å². The van der Waals surface area contributed by atoms with Crippen molar-refractivity contribution in [1.82, 2.24) is 14.7 Å². The number of carbonyl (C=O) groups is 3. The zero-order valence-corrected chi connectivity index (χ0v) is 13.5. The zero-order chi connectivity index (χ0) is 17.0. The van der Waals surface area contributed by atoms with E-state index in [1.54, 1.807) is 4.90 Å². The van der Waals surface area contributed by atoms with Gasteiger partial charge in [0.1, 0.15) is 11.6 Å². The van der Waals surface area contributed by atoms with Crippen molar-refractivity contribution in [1.29, 1.82) is 0 Å². The summed E-state index contributed by atoms with van der Waals surface area (Å²) < 4.78 is 5.73. The molecule has 0 aliphatic carbocycles. The number of urea groups is 1. The smallest absolute Gasteiger partial charge is 0.327 e. The minimum Gasteiger partial charge on any atom is -0.451 e. The fourth-order valence-electron chi connectivity index (χ4n) is 3.44. The van der Waals surface area contributed by atoms with E-state index in [4.69, 9.17) is 4.42 Å². The van der Waals surface area contributed by atoms with Gasteiger partial charge in [0.15, 0.2) is 5.76 Å². The van der Waals surface area contributed by atoms with Gasteiger partial charge in [-0.1, -0.05) is 18.2 Å². The minimum atomic E-state index is -0.593. The molecule has 2 aliphatic heterocycles. The third-order valence-electron chi connectivity index (χ3n) is 4.85. The Morgan fingerprint density at radius 2 is 1.96 bits per heavy atom. The van der Waals surface area contributed by atoms with E-state index in [1.165, 1.54) is 11.9 Å². The second-order valence-corrected chi connectivity index (χ2v) is 6.19. The van der Waals surface area contributed by atoms with Crippen molar-refractivity contribution >= 4 is 28.8 Å². The van der Waals surface area contributed by atoms with Crippen molar-refractivity contribution in [3.8, 4) is 0 Å². The number of imide groups is 1. The Balaban J connectivity index is 1.62. The summed E-state index contributed by atoms with van der Waals surface area (Å²) in [5.41, 5.74) is 1.47. The van der Waals surface area contributed by atoms with Gasteiger partial charge in [-0.05, 0) is 13.0 Å². The van der Waals surface area contributed by atoms with E-state index in [0.29, 0.717) is 24.4 Å². The second kappa shape index (κ2) is 5.09. The number of carbonyl (C=O) groups excluding carboxylic acids is 3. The van der Waals surface area contributed by atoms with Crippen molar-refractivity contribution in [3.63, 3.8) is 0 Å². The van der Waals surface area contributed by atoms with Crippen LogP contribution in [0.4, 0.5) is 4.79 Å². The van der Waals surface area contributed by atoms with E-state index in [2.05, 4.69) is 0 Å². The van der Waals surface area contributed by atoms with Crippen molar-refractivity contribution in [3.05, 3.63) is 35.6 Å². The maximum absolute atomic E-state index is 12.9. The van der Waals surface area contributed by atoms with E-state index in [0.717, 1.165) is 15.8 Å². The number of para-hydroxylation sites is 1. The first-order chi connectivity index (χ1) is 11.5. The van der Waals surface area contributed by atoms with Crippen LogP contribution in [-0.2, 0) is 4.79 Å². The van der Waals surface area contributed by atoms with Crippen LogP contribution in [0.2, 0.25) is 0 Å². The van der Waals surface area contributed by atoms with Gasteiger partial charge in [-0.25, -0.2) is 4.79 Å². The molecule has 1 unspecified atom stereocenters. The Labute approximate surface area is 138 Å². The Morgan fingerprint density at radius 1 is 1.21 bits per heavy atom. The monoisotopic (exact) mass is 327 g/mol. The number of benzene rings is 1. The summed E-state index contributed by atoms with van der Waals surface area (Å²) in [7, 11) is 1.47. The average Bonchev–Trinajstić information content (AvgIpc) is 3.05. The van der Waals surface area contributed by atoms with Gasteiger partial charge in [-0.15, -0.1) is 0 Å². The van der Waals surface area contributed by atoms with Crippen LogP contribution in [-0.4, -0.2) is 65.3 Å². The van der Waals surface area contributed by atoms with Crippen LogP contribution in [0.3, 0.4) is 0 Å². The third-order valence-corrected chi connectivity index (χ3v) is 4.85. The first-order valence-corrected chi connectivity index (χ1v) is 7.84. The number of hydrogen-bond donors (Lipinski definition) is 0. The van der Waals surface area contributed by atoms with Gasteiger partial charge < -0.3 is 14.2 Å². The number of nitrogens with zero attached hydrogens (tertiary/aromatic N) is 3. The molecule has 0 saturated carbocycles. The normalized spacial score (nSPS) is 20.9. The van der Waals surface area contributed by atoms with E-state index < -0.39 is 6.04 Å². The predicted octanol–water partition coefficient (Wildman–Crippen LogP) is 1.46. The van der Waals surface area contributed by atoms with Crippen LogP contribution in [0.25, 0.3) is 11.0 Å². The molecule has 1 aromatic heterocycles. The van der Waals surface area contributed by atoms with E-state index in [9.17, 15) is 14.4 Å². The molecule has 2 fully saturated rings. The molecule has 1 atom stereocenters. The van der Waals surface area contributed by atoms with Gasteiger partial charge in [0.25, 0.3) is 11.8 Å². The molecule has 7 heteroatoms. The highest BCUT2D eigenvalue weighted by Crippen LogP contribution is 2.27. The van der Waals surface area contributed by atoms with Crippen LogP contribution in [0.15, 0.2) is 28.7 Å². The Kier molecular flexibility index (Phi) is 3.13. The number of furan rings is 1. The molecule has 1 aromatic carbocycles. The molecule has 7 nitrogen and oxygen atoms in total. The number of rotatable bonds is 1. The molecule has 0 radical (unpaired) electrons. The lowest BCUT2D eigenvalue weighted by atomic mass is 10.1. The summed E-state index contributed by atoms with van der Waals surface area (Å²) in [6.45, 7) is 2.79. The molecular weight excluding hydrogens is 310 g/mol. The quantitative estimate of drug-likeness (QED) is 0.743. The molecule has 2 aliphatic rings. The molecule has 0 N–H and O–H groups in total. The molecule has 4 rings (SSSR count). The number of aryl methyl sites for hydroxylation is 1. The van der Waals surface area contributed by atoms with Crippen molar-refractivity contribution < 1.29 is 18.8 Å². The standard InChI is InChI=1S/C17H17N3O4/c1-10-11-5-3-4-6-13(11)24-14(10)16(22)19-7-8-20-12(9-19)15(21)18(2)17(20)23/h3-6,12H,7-9H2,1-2H3. The Hall–Kier alpha value is -2.83. The summed E-state index contributed by atoms with van der Waals surface area (Å²) in [6.07, 6.45) is 0. The van der Waals surface area contributed by atoms with Crippen LogP contribution >= 0.6 is 0 Å². The van der Waals surface area contributed by atoms with Crippen LogP contribution in [0.5, 0.6) is 0 Å². The fourth-order valence-corrected chi connectivity index (χ4v) is 3.44. The first kappa shape index (κ1) is 14.7. The van der Waals surface area contributed by atoms with Crippen LogP contribution < -0.4 is 0 Å². The van der Waals surface area contributed by atoms with Crippen LogP contribution in [0, 0.1) is 6.92 Å². The molecular formula is C17H17N3O4. The van der Waals surface area contributed by atoms with Crippen LogP contribution in [0.1, 0.15) is 16.1 Å². The number of amides is 4. The average molecular weight is 327 g/mol. The molecule has 0 spiro atoms. The minimum absolute atomic E-state index is 0.199. The van der Waals surface area contributed by atoms with Gasteiger partial charge in [0.05, 0.1) is 6.54 Å². The number of likely N-dealkylation sites (N-methyl/N-ethyl adjacent to an activating group) is 1. The lowest BCUT2D eigenvalue weighted by molar-refractivity contribution is -0.128. The lowest BCUT2D eigenvalue weighted by Crippen LogP contribution is -2.54. The van der Waals surface area contributed by atoms with Gasteiger partial charge in [-0.2, -0.15) is 0 Å². The highest BCUT2D eigenvalue weighted by molar-refractivity contribution is 6.05. The third kappa shape index (κ3) is 1.94. The molecule has 124 valence electrons. The maximum Gasteiger partial charge on any atom is 0.327 e. The van der Waals surface area contributed by atoms with Gasteiger partial charge in [0, 0.05) is 31.1 Å². The second-order valence-electron chi connectivity index (χ2n) is 6.19. The Morgan fingerprint density at radius 3 is 2.71 bits per heavy atom. The highest BCUT2D eigenvalue weighted by atomic mass is 16.3. The van der Waals surface area contributed by atoms with Crippen molar-refractivity contribution in [2.24, 2.45) is 0 Å². The lowest BCUT2D eigenvalue weighted by Gasteiger charge is -2.34. The summed E-state index contributed by atoms with van der Waals surface area (Å²) in [5, 5.41) is 0.909. The highest BCUT2D eigenvalue weighted by Gasteiger charge is 2.47. The summed E-state index contributed by atoms with van der Waals surface area (Å²) in [5.74, 6) is -0.202.